The number of hydrogen-bond acceptors (Lipinski definition) is 6. The SMILES string of the molecule is COc1ccccc1CN1CC[C@@]2(C[C@H](N(C)C)CCO2)C1.O=C(O)C(F)(F)F.O=C(O)C(F)(F)F. The van der Waals surface area contributed by atoms with E-state index in [-0.39, 0.29) is 5.60 Å². The molecule has 0 saturated carbocycles. The molecule has 2 atom stereocenters. The number of hydrogen-bond donors (Lipinski definition) is 2. The van der Waals surface area contributed by atoms with Crippen molar-refractivity contribution in [3.8, 4) is 5.75 Å². The minimum absolute atomic E-state index is 0.0647. The number of carbonyl (C=O) groups is 2. The summed E-state index contributed by atoms with van der Waals surface area (Å²) in [7, 11) is 6.12. The van der Waals surface area contributed by atoms with Crippen LogP contribution in [0.2, 0.25) is 0 Å². The van der Waals surface area contributed by atoms with Crippen molar-refractivity contribution < 1.29 is 55.6 Å². The van der Waals surface area contributed by atoms with E-state index in [1.165, 1.54) is 5.56 Å². The van der Waals surface area contributed by atoms with Gasteiger partial charge in [0.25, 0.3) is 0 Å². The van der Waals surface area contributed by atoms with Crippen LogP contribution < -0.4 is 4.74 Å². The average Bonchev–Trinajstić information content (AvgIpc) is 3.15. The zero-order chi connectivity index (χ0) is 27.7. The molecule has 2 heterocycles. The lowest BCUT2D eigenvalue weighted by molar-refractivity contribution is -0.193. The highest BCUT2D eigenvalue weighted by Crippen LogP contribution is 2.36. The monoisotopic (exact) mass is 532 g/mol. The molecule has 2 fully saturated rings. The van der Waals surface area contributed by atoms with Crippen LogP contribution >= 0.6 is 0 Å². The smallest absolute Gasteiger partial charge is 0.490 e. The number of carboxylic acid groups (broad SMARTS) is 2. The summed E-state index contributed by atoms with van der Waals surface area (Å²) < 4.78 is 75.2. The van der Waals surface area contributed by atoms with Gasteiger partial charge in [-0.05, 0) is 39.4 Å². The second-order valence-corrected chi connectivity index (χ2v) is 8.52. The molecule has 0 unspecified atom stereocenters. The number of rotatable bonds is 4. The number of ether oxygens (including phenoxy) is 2. The summed E-state index contributed by atoms with van der Waals surface area (Å²) in [5.74, 6) is -4.53. The number of alkyl halides is 6. The molecular weight excluding hydrogens is 502 g/mol. The second-order valence-electron chi connectivity index (χ2n) is 8.52. The fraction of sp³-hybridized carbons (Fsp3) is 0.636. The van der Waals surface area contributed by atoms with Gasteiger partial charge in [-0.15, -0.1) is 0 Å². The third-order valence-corrected chi connectivity index (χ3v) is 5.66. The van der Waals surface area contributed by atoms with Gasteiger partial charge < -0.3 is 24.6 Å². The highest BCUT2D eigenvalue weighted by atomic mass is 19.4. The van der Waals surface area contributed by atoms with Crippen LogP contribution in [0, 0.1) is 0 Å². The number of likely N-dealkylation sites (tertiary alicyclic amines) is 1. The van der Waals surface area contributed by atoms with Crippen molar-refractivity contribution in [2.45, 2.75) is 49.8 Å². The first kappa shape index (κ1) is 31.4. The van der Waals surface area contributed by atoms with E-state index < -0.39 is 24.3 Å². The lowest BCUT2D eigenvalue weighted by atomic mass is 9.89. The summed E-state index contributed by atoms with van der Waals surface area (Å²) in [5, 5.41) is 14.2. The molecule has 0 aliphatic carbocycles. The summed E-state index contributed by atoms with van der Waals surface area (Å²) in [6.45, 7) is 3.99. The Morgan fingerprint density at radius 1 is 1.11 bits per heavy atom. The van der Waals surface area contributed by atoms with Gasteiger partial charge in [-0.25, -0.2) is 9.59 Å². The van der Waals surface area contributed by atoms with Crippen LogP contribution in [0.3, 0.4) is 0 Å². The molecule has 8 nitrogen and oxygen atoms in total. The number of para-hydroxylation sites is 1. The molecule has 0 aromatic heterocycles. The molecule has 0 amide bonds. The lowest BCUT2D eigenvalue weighted by Crippen LogP contribution is -2.48. The molecular formula is C22H30F6N2O6. The van der Waals surface area contributed by atoms with Crippen LogP contribution in [-0.2, 0) is 20.9 Å². The Balaban J connectivity index is 0.000000383. The molecule has 2 aliphatic heterocycles. The highest BCUT2D eigenvalue weighted by Gasteiger charge is 2.43. The Hall–Kier alpha value is -2.58. The maximum atomic E-state index is 10.6. The van der Waals surface area contributed by atoms with Crippen LogP contribution in [0.15, 0.2) is 24.3 Å². The quantitative estimate of drug-likeness (QED) is 0.568. The van der Waals surface area contributed by atoms with Gasteiger partial charge in [0.1, 0.15) is 5.75 Å². The van der Waals surface area contributed by atoms with Crippen LogP contribution in [0.4, 0.5) is 26.3 Å². The van der Waals surface area contributed by atoms with Gasteiger partial charge in [-0.3, -0.25) is 4.90 Å². The molecule has 2 N–H and O–H groups in total. The van der Waals surface area contributed by atoms with E-state index in [1.54, 1.807) is 7.11 Å². The summed E-state index contributed by atoms with van der Waals surface area (Å²) in [4.78, 5) is 22.7. The van der Waals surface area contributed by atoms with E-state index in [1.807, 2.05) is 12.1 Å². The van der Waals surface area contributed by atoms with Crippen molar-refractivity contribution in [3.05, 3.63) is 29.8 Å². The topological polar surface area (TPSA) is 99.5 Å². The number of halogens is 6. The fourth-order valence-electron chi connectivity index (χ4n) is 3.86. The summed E-state index contributed by atoms with van der Waals surface area (Å²) in [5.41, 5.74) is 1.33. The molecule has 3 rings (SSSR count). The van der Waals surface area contributed by atoms with Gasteiger partial charge in [0, 0.05) is 37.8 Å². The molecule has 206 valence electrons. The van der Waals surface area contributed by atoms with Gasteiger partial charge in [-0.1, -0.05) is 18.2 Å². The number of benzene rings is 1. The van der Waals surface area contributed by atoms with Crippen LogP contribution in [0.5, 0.6) is 5.75 Å². The largest absolute Gasteiger partial charge is 0.496 e. The lowest BCUT2D eigenvalue weighted by Gasteiger charge is -2.40. The zero-order valence-electron chi connectivity index (χ0n) is 20.0. The third kappa shape index (κ3) is 10.2. The molecule has 14 heteroatoms. The average molecular weight is 532 g/mol. The molecule has 2 aliphatic rings. The minimum Gasteiger partial charge on any atom is -0.496 e. The van der Waals surface area contributed by atoms with E-state index in [0.717, 1.165) is 51.3 Å². The fourth-order valence-corrected chi connectivity index (χ4v) is 3.86. The predicted octanol–water partition coefficient (Wildman–Crippen LogP) is 3.65. The Labute approximate surface area is 204 Å². The van der Waals surface area contributed by atoms with Crippen LogP contribution in [0.25, 0.3) is 0 Å². The Bertz CT molecular complexity index is 840. The Morgan fingerprint density at radius 3 is 2.11 bits per heavy atom. The first-order valence-corrected chi connectivity index (χ1v) is 10.8. The zero-order valence-corrected chi connectivity index (χ0v) is 20.0. The van der Waals surface area contributed by atoms with Crippen molar-refractivity contribution in [3.63, 3.8) is 0 Å². The second kappa shape index (κ2) is 13.1. The Kier molecular flexibility index (Phi) is 11.4. The van der Waals surface area contributed by atoms with Crippen molar-refractivity contribution in [2.24, 2.45) is 0 Å². The van der Waals surface area contributed by atoms with Gasteiger partial charge in [0.15, 0.2) is 0 Å². The predicted molar refractivity (Wildman–Crippen MR) is 116 cm³/mol. The summed E-state index contributed by atoms with van der Waals surface area (Å²) >= 11 is 0. The van der Waals surface area contributed by atoms with E-state index in [9.17, 15) is 26.3 Å². The van der Waals surface area contributed by atoms with Gasteiger partial charge >= 0.3 is 24.3 Å². The number of aliphatic carboxylic acids is 2. The third-order valence-electron chi connectivity index (χ3n) is 5.66. The number of carboxylic acids is 2. The highest BCUT2D eigenvalue weighted by molar-refractivity contribution is 5.73. The van der Waals surface area contributed by atoms with E-state index in [2.05, 4.69) is 36.0 Å². The van der Waals surface area contributed by atoms with Crippen LogP contribution in [0.1, 0.15) is 24.8 Å². The van der Waals surface area contributed by atoms with Gasteiger partial charge in [-0.2, -0.15) is 26.3 Å². The van der Waals surface area contributed by atoms with E-state index >= 15 is 0 Å². The maximum absolute atomic E-state index is 10.6. The number of methoxy groups -OCH3 is 1. The van der Waals surface area contributed by atoms with Crippen molar-refractivity contribution >= 4 is 11.9 Å². The Morgan fingerprint density at radius 2 is 1.64 bits per heavy atom. The maximum Gasteiger partial charge on any atom is 0.490 e. The molecule has 0 radical (unpaired) electrons. The molecule has 0 bridgehead atoms. The summed E-state index contributed by atoms with van der Waals surface area (Å²) in [6.07, 6.45) is -6.71. The standard InChI is InChI=1S/C18H28N2O2.2C2HF3O2/c1-19(2)16-8-11-22-18(12-16)9-10-20(14-18)13-15-6-4-5-7-17(15)21-3;2*3-2(4,5)1(6)7/h4-7,16H,8-14H2,1-3H3;2*(H,6,7)/t16-,18-;;/m1../s1. The molecule has 1 spiro atoms. The van der Waals surface area contributed by atoms with Crippen molar-refractivity contribution in [1.82, 2.24) is 9.80 Å². The van der Waals surface area contributed by atoms with E-state index in [4.69, 9.17) is 29.3 Å². The van der Waals surface area contributed by atoms with Crippen molar-refractivity contribution in [1.29, 1.82) is 0 Å². The normalized spacial score (nSPS) is 22.3. The van der Waals surface area contributed by atoms with Gasteiger partial charge in [0.2, 0.25) is 0 Å². The first-order valence-electron chi connectivity index (χ1n) is 10.8. The molecule has 2 saturated heterocycles. The molecule has 36 heavy (non-hydrogen) atoms. The van der Waals surface area contributed by atoms with Crippen molar-refractivity contribution in [2.75, 3.05) is 40.9 Å². The summed E-state index contributed by atoms with van der Waals surface area (Å²) in [6, 6.07) is 8.97. The molecule has 1 aromatic rings. The van der Waals surface area contributed by atoms with Crippen LogP contribution in [-0.4, -0.2) is 96.8 Å². The first-order chi connectivity index (χ1) is 16.5. The van der Waals surface area contributed by atoms with Gasteiger partial charge in [0.05, 0.1) is 12.7 Å². The molecule has 1 aromatic carbocycles. The minimum atomic E-state index is -5.08. The number of nitrogens with zero attached hydrogens (tertiary/aromatic N) is 2. The van der Waals surface area contributed by atoms with E-state index in [0.29, 0.717) is 6.04 Å².